The Morgan fingerprint density at radius 3 is 2.50 bits per heavy atom. The molecule has 20 heavy (non-hydrogen) atoms. The summed E-state index contributed by atoms with van der Waals surface area (Å²) in [5.74, 6) is -0.103. The molecule has 1 aromatic carbocycles. The number of aromatic nitrogens is 1. The van der Waals surface area contributed by atoms with Gasteiger partial charge in [-0.05, 0) is 37.6 Å². The third-order valence-electron chi connectivity index (χ3n) is 2.68. The van der Waals surface area contributed by atoms with Crippen LogP contribution in [0.5, 0.6) is 0 Å². The molecule has 1 heterocycles. The molecule has 0 spiro atoms. The Balaban J connectivity index is 2.29. The van der Waals surface area contributed by atoms with E-state index >= 15 is 0 Å². The van der Waals surface area contributed by atoms with Gasteiger partial charge in [-0.1, -0.05) is 36.4 Å². The number of hydrogen-bond donors (Lipinski definition) is 0. The highest BCUT2D eigenvalue weighted by molar-refractivity contribution is 5.93. The van der Waals surface area contributed by atoms with Gasteiger partial charge in [0.1, 0.15) is 5.49 Å². The SMILES string of the molecule is CC(C)N=c1ccccn1C(=O)/C=C/c1ccccc1. The molecule has 3 nitrogen and oxygen atoms in total. The van der Waals surface area contributed by atoms with E-state index in [0.29, 0.717) is 5.49 Å². The number of nitrogens with zero attached hydrogens (tertiary/aromatic N) is 2. The van der Waals surface area contributed by atoms with Gasteiger partial charge in [0.2, 0.25) is 0 Å². The monoisotopic (exact) mass is 266 g/mol. The summed E-state index contributed by atoms with van der Waals surface area (Å²) in [7, 11) is 0. The highest BCUT2D eigenvalue weighted by atomic mass is 16.1. The Bertz CT molecular complexity index is 667. The predicted octanol–water partition coefficient (Wildman–Crippen LogP) is 3.15. The zero-order valence-electron chi connectivity index (χ0n) is 11.7. The molecule has 3 heteroatoms. The second-order valence-electron chi connectivity index (χ2n) is 4.73. The number of carbonyl (C=O) groups excluding carboxylic acids is 1. The summed E-state index contributed by atoms with van der Waals surface area (Å²) in [5.41, 5.74) is 1.67. The first kappa shape index (κ1) is 14.0. The van der Waals surface area contributed by atoms with Gasteiger partial charge in [-0.15, -0.1) is 0 Å². The van der Waals surface area contributed by atoms with Gasteiger partial charge in [-0.3, -0.25) is 14.4 Å². The van der Waals surface area contributed by atoms with Crippen molar-refractivity contribution in [2.75, 3.05) is 0 Å². The molecule has 0 aliphatic rings. The highest BCUT2D eigenvalue weighted by Crippen LogP contribution is 2.01. The van der Waals surface area contributed by atoms with Crippen molar-refractivity contribution in [3.8, 4) is 0 Å². The molecule has 0 atom stereocenters. The summed E-state index contributed by atoms with van der Waals surface area (Å²) in [4.78, 5) is 16.7. The normalized spacial score (nSPS) is 12.2. The van der Waals surface area contributed by atoms with E-state index < -0.39 is 0 Å². The molecule has 0 radical (unpaired) electrons. The van der Waals surface area contributed by atoms with Crippen molar-refractivity contribution in [3.05, 3.63) is 71.9 Å². The summed E-state index contributed by atoms with van der Waals surface area (Å²) in [6, 6.07) is 15.4. The Hall–Kier alpha value is -2.42. The Kier molecular flexibility index (Phi) is 4.66. The molecule has 0 aliphatic carbocycles. The van der Waals surface area contributed by atoms with Crippen LogP contribution in [0.4, 0.5) is 0 Å². The van der Waals surface area contributed by atoms with Crippen LogP contribution in [0, 0.1) is 0 Å². The Morgan fingerprint density at radius 1 is 1.10 bits per heavy atom. The maximum atomic E-state index is 12.2. The average molecular weight is 266 g/mol. The van der Waals surface area contributed by atoms with Crippen LogP contribution in [-0.4, -0.2) is 16.5 Å². The largest absolute Gasteiger partial charge is 0.269 e. The molecule has 2 rings (SSSR count). The number of benzene rings is 1. The molecule has 0 fully saturated rings. The van der Waals surface area contributed by atoms with Gasteiger partial charge in [-0.2, -0.15) is 0 Å². The molecule has 1 aromatic heterocycles. The zero-order valence-corrected chi connectivity index (χ0v) is 11.7. The molecule has 0 aliphatic heterocycles. The van der Waals surface area contributed by atoms with E-state index in [-0.39, 0.29) is 11.9 Å². The van der Waals surface area contributed by atoms with Crippen molar-refractivity contribution in [2.24, 2.45) is 4.99 Å². The van der Waals surface area contributed by atoms with Crippen LogP contribution >= 0.6 is 0 Å². The molecule has 0 saturated carbocycles. The fourth-order valence-corrected chi connectivity index (χ4v) is 1.80. The lowest BCUT2D eigenvalue weighted by Gasteiger charge is -2.04. The fraction of sp³-hybridized carbons (Fsp3) is 0.176. The predicted molar refractivity (Wildman–Crippen MR) is 81.2 cm³/mol. The fourth-order valence-electron chi connectivity index (χ4n) is 1.80. The Labute approximate surface area is 118 Å². The first-order valence-corrected chi connectivity index (χ1v) is 6.66. The number of hydrogen-bond acceptors (Lipinski definition) is 2. The number of pyridine rings is 1. The second kappa shape index (κ2) is 6.66. The average Bonchev–Trinajstić information content (AvgIpc) is 2.46. The van der Waals surface area contributed by atoms with Gasteiger partial charge in [0.25, 0.3) is 5.91 Å². The van der Waals surface area contributed by atoms with Crippen LogP contribution < -0.4 is 5.49 Å². The lowest BCUT2D eigenvalue weighted by Crippen LogP contribution is -2.26. The minimum absolute atomic E-state index is 0.103. The summed E-state index contributed by atoms with van der Waals surface area (Å²) < 4.78 is 1.56. The lowest BCUT2D eigenvalue weighted by molar-refractivity contribution is 0.0964. The molecule has 102 valence electrons. The zero-order chi connectivity index (χ0) is 14.4. The van der Waals surface area contributed by atoms with Crippen molar-refractivity contribution >= 4 is 12.0 Å². The van der Waals surface area contributed by atoms with Crippen molar-refractivity contribution in [3.63, 3.8) is 0 Å². The molecule has 2 aromatic rings. The Morgan fingerprint density at radius 2 is 1.80 bits per heavy atom. The van der Waals surface area contributed by atoms with Gasteiger partial charge in [-0.25, -0.2) is 0 Å². The molecule has 0 bridgehead atoms. The van der Waals surface area contributed by atoms with Gasteiger partial charge in [0.15, 0.2) is 0 Å². The summed E-state index contributed by atoms with van der Waals surface area (Å²) >= 11 is 0. The van der Waals surface area contributed by atoms with E-state index in [4.69, 9.17) is 0 Å². The van der Waals surface area contributed by atoms with Crippen molar-refractivity contribution < 1.29 is 4.79 Å². The van der Waals surface area contributed by atoms with Crippen molar-refractivity contribution in [1.29, 1.82) is 0 Å². The third-order valence-corrected chi connectivity index (χ3v) is 2.68. The van der Waals surface area contributed by atoms with E-state index in [2.05, 4.69) is 4.99 Å². The maximum absolute atomic E-state index is 12.2. The van der Waals surface area contributed by atoms with Crippen LogP contribution in [0.15, 0.2) is 65.8 Å². The smallest absolute Gasteiger partial charge is 0.256 e. The number of rotatable bonds is 3. The molecule has 0 unspecified atom stereocenters. The standard InChI is InChI=1S/C17H18N2O/c1-14(2)18-16-10-6-7-13-19(16)17(20)12-11-15-8-4-3-5-9-15/h3-14H,1-2H3/b12-11+,18-16?. The van der Waals surface area contributed by atoms with E-state index in [1.165, 1.54) is 0 Å². The molecule has 0 N–H and O–H groups in total. The lowest BCUT2D eigenvalue weighted by atomic mass is 10.2. The summed E-state index contributed by atoms with van der Waals surface area (Å²) in [5, 5.41) is 0. The summed E-state index contributed by atoms with van der Waals surface area (Å²) in [6.45, 7) is 3.98. The van der Waals surface area contributed by atoms with Crippen molar-refractivity contribution in [1.82, 2.24) is 4.57 Å². The molecule has 0 amide bonds. The second-order valence-corrected chi connectivity index (χ2v) is 4.73. The van der Waals surface area contributed by atoms with Gasteiger partial charge < -0.3 is 0 Å². The minimum atomic E-state index is -0.103. The van der Waals surface area contributed by atoms with Crippen LogP contribution in [0.3, 0.4) is 0 Å². The molecular formula is C17H18N2O. The number of carbonyl (C=O) groups is 1. The van der Waals surface area contributed by atoms with Crippen LogP contribution in [0.2, 0.25) is 0 Å². The minimum Gasteiger partial charge on any atom is -0.269 e. The quantitative estimate of drug-likeness (QED) is 0.786. The third kappa shape index (κ3) is 3.79. The maximum Gasteiger partial charge on any atom is 0.256 e. The van der Waals surface area contributed by atoms with E-state index in [1.54, 1.807) is 16.8 Å². The van der Waals surface area contributed by atoms with Gasteiger partial charge in [0, 0.05) is 18.3 Å². The van der Waals surface area contributed by atoms with Gasteiger partial charge in [0.05, 0.1) is 0 Å². The first-order valence-electron chi connectivity index (χ1n) is 6.66. The van der Waals surface area contributed by atoms with E-state index in [0.717, 1.165) is 5.56 Å². The molecule has 0 saturated heterocycles. The van der Waals surface area contributed by atoms with Gasteiger partial charge >= 0.3 is 0 Å². The first-order chi connectivity index (χ1) is 9.66. The molecular weight excluding hydrogens is 248 g/mol. The highest BCUT2D eigenvalue weighted by Gasteiger charge is 2.01. The van der Waals surface area contributed by atoms with E-state index in [9.17, 15) is 4.79 Å². The number of allylic oxidation sites excluding steroid dienone is 1. The topological polar surface area (TPSA) is 34.4 Å². The van der Waals surface area contributed by atoms with E-state index in [1.807, 2.05) is 68.5 Å². The summed E-state index contributed by atoms with van der Waals surface area (Å²) in [6.07, 6.45) is 5.11. The van der Waals surface area contributed by atoms with Crippen LogP contribution in [-0.2, 0) is 0 Å². The van der Waals surface area contributed by atoms with Crippen LogP contribution in [0.1, 0.15) is 24.2 Å². The van der Waals surface area contributed by atoms with Crippen LogP contribution in [0.25, 0.3) is 6.08 Å². The van der Waals surface area contributed by atoms with Crippen molar-refractivity contribution in [2.45, 2.75) is 19.9 Å².